The highest BCUT2D eigenvalue weighted by Crippen LogP contribution is 2.32. The lowest BCUT2D eigenvalue weighted by Gasteiger charge is -2.34. The van der Waals surface area contributed by atoms with Crippen molar-refractivity contribution < 1.29 is 17.9 Å². The molecule has 2 N–H and O–H groups in total. The van der Waals surface area contributed by atoms with Crippen molar-refractivity contribution in [3.8, 4) is 11.5 Å². The van der Waals surface area contributed by atoms with E-state index in [1.165, 1.54) is 4.31 Å². The van der Waals surface area contributed by atoms with Crippen molar-refractivity contribution in [2.75, 3.05) is 26.3 Å². The topological polar surface area (TPSA) is 81.9 Å². The van der Waals surface area contributed by atoms with Crippen molar-refractivity contribution in [2.24, 2.45) is 11.7 Å². The van der Waals surface area contributed by atoms with E-state index in [0.29, 0.717) is 44.2 Å². The second kappa shape index (κ2) is 7.51. The standard InChI is InChI=1S/C16H26N2O4S/c1-4-21-15-7-6-13(10-16(15)22-5-2)23(19,20)18-9-8-14(17)12(3)11-18/h6-7,10,12,14H,4-5,8-9,11,17H2,1-3H3. The molecule has 1 aromatic carbocycles. The van der Waals surface area contributed by atoms with Gasteiger partial charge in [0.25, 0.3) is 0 Å². The van der Waals surface area contributed by atoms with Crippen LogP contribution in [0.4, 0.5) is 0 Å². The van der Waals surface area contributed by atoms with Gasteiger partial charge in [-0.2, -0.15) is 4.31 Å². The average molecular weight is 342 g/mol. The van der Waals surface area contributed by atoms with Gasteiger partial charge in [0.2, 0.25) is 10.0 Å². The highest BCUT2D eigenvalue weighted by atomic mass is 32.2. The largest absolute Gasteiger partial charge is 0.490 e. The molecule has 7 heteroatoms. The van der Waals surface area contributed by atoms with Crippen LogP contribution in [-0.4, -0.2) is 45.1 Å². The summed E-state index contributed by atoms with van der Waals surface area (Å²) in [5.74, 6) is 1.16. The van der Waals surface area contributed by atoms with Gasteiger partial charge in [-0.15, -0.1) is 0 Å². The van der Waals surface area contributed by atoms with Gasteiger partial charge in [0.1, 0.15) is 0 Å². The summed E-state index contributed by atoms with van der Waals surface area (Å²) in [6.07, 6.45) is 0.676. The maximum atomic E-state index is 12.9. The lowest BCUT2D eigenvalue weighted by Crippen LogP contribution is -2.48. The summed E-state index contributed by atoms with van der Waals surface area (Å²) in [4.78, 5) is 0.229. The SMILES string of the molecule is CCOc1ccc(S(=O)(=O)N2CCC(N)C(C)C2)cc1OCC. The predicted molar refractivity (Wildman–Crippen MR) is 89.3 cm³/mol. The van der Waals surface area contributed by atoms with Gasteiger partial charge >= 0.3 is 0 Å². The lowest BCUT2D eigenvalue weighted by molar-refractivity contribution is 0.250. The molecule has 1 saturated heterocycles. The van der Waals surface area contributed by atoms with Gasteiger partial charge in [-0.1, -0.05) is 6.92 Å². The number of sulfonamides is 1. The van der Waals surface area contributed by atoms with E-state index in [-0.39, 0.29) is 16.9 Å². The molecule has 0 saturated carbocycles. The van der Waals surface area contributed by atoms with Gasteiger partial charge in [0.05, 0.1) is 18.1 Å². The Labute approximate surface area is 138 Å². The highest BCUT2D eigenvalue weighted by Gasteiger charge is 2.32. The number of nitrogens with two attached hydrogens (primary N) is 1. The zero-order valence-corrected chi connectivity index (χ0v) is 14.8. The maximum absolute atomic E-state index is 12.9. The molecule has 0 aliphatic carbocycles. The van der Waals surface area contributed by atoms with E-state index in [4.69, 9.17) is 15.2 Å². The molecule has 0 bridgehead atoms. The summed E-state index contributed by atoms with van der Waals surface area (Å²) in [5.41, 5.74) is 5.98. The zero-order chi connectivity index (χ0) is 17.0. The molecule has 2 rings (SSSR count). The third kappa shape index (κ3) is 3.97. The third-order valence-electron chi connectivity index (χ3n) is 4.09. The molecule has 1 heterocycles. The monoisotopic (exact) mass is 342 g/mol. The summed E-state index contributed by atoms with van der Waals surface area (Å²) in [6.45, 7) is 7.54. The maximum Gasteiger partial charge on any atom is 0.243 e. The quantitative estimate of drug-likeness (QED) is 0.853. The van der Waals surface area contributed by atoms with E-state index in [1.807, 2.05) is 20.8 Å². The molecule has 1 fully saturated rings. The summed E-state index contributed by atoms with van der Waals surface area (Å²) < 4.78 is 38.2. The normalized spacial score (nSPS) is 22.8. The summed E-state index contributed by atoms with van der Waals surface area (Å²) >= 11 is 0. The number of ether oxygens (including phenoxy) is 2. The van der Waals surface area contributed by atoms with Crippen LogP contribution >= 0.6 is 0 Å². The minimum atomic E-state index is -3.55. The fraction of sp³-hybridized carbons (Fsp3) is 0.625. The van der Waals surface area contributed by atoms with Crippen LogP contribution in [0.1, 0.15) is 27.2 Å². The summed E-state index contributed by atoms with van der Waals surface area (Å²) in [5, 5.41) is 0. The molecule has 0 radical (unpaired) electrons. The number of hydrogen-bond donors (Lipinski definition) is 1. The van der Waals surface area contributed by atoms with E-state index in [9.17, 15) is 8.42 Å². The molecule has 0 aromatic heterocycles. The minimum Gasteiger partial charge on any atom is -0.490 e. The Morgan fingerprint density at radius 2 is 1.87 bits per heavy atom. The van der Waals surface area contributed by atoms with Crippen molar-refractivity contribution in [3.63, 3.8) is 0 Å². The summed E-state index contributed by atoms with van der Waals surface area (Å²) in [6, 6.07) is 4.83. The molecule has 1 aromatic rings. The Morgan fingerprint density at radius 1 is 1.22 bits per heavy atom. The van der Waals surface area contributed by atoms with Crippen LogP contribution < -0.4 is 15.2 Å². The van der Waals surface area contributed by atoms with Crippen LogP contribution in [0.3, 0.4) is 0 Å². The second-order valence-electron chi connectivity index (χ2n) is 5.77. The molecule has 6 nitrogen and oxygen atoms in total. The molecule has 2 atom stereocenters. The summed E-state index contributed by atoms with van der Waals surface area (Å²) in [7, 11) is -3.55. The van der Waals surface area contributed by atoms with E-state index in [2.05, 4.69) is 0 Å². The lowest BCUT2D eigenvalue weighted by atomic mass is 9.96. The molecule has 0 amide bonds. The second-order valence-corrected chi connectivity index (χ2v) is 7.71. The Hall–Kier alpha value is -1.31. The molecule has 130 valence electrons. The first-order valence-electron chi connectivity index (χ1n) is 8.05. The van der Waals surface area contributed by atoms with Gasteiger partial charge in [-0.3, -0.25) is 0 Å². The van der Waals surface area contributed by atoms with Gasteiger partial charge in [0, 0.05) is 25.2 Å². The van der Waals surface area contributed by atoms with Crippen molar-refractivity contribution in [3.05, 3.63) is 18.2 Å². The first-order chi connectivity index (χ1) is 10.9. The van der Waals surface area contributed by atoms with Crippen LogP contribution in [0.2, 0.25) is 0 Å². The van der Waals surface area contributed by atoms with Crippen molar-refractivity contribution in [1.29, 1.82) is 0 Å². The van der Waals surface area contributed by atoms with Crippen molar-refractivity contribution in [2.45, 2.75) is 38.1 Å². The van der Waals surface area contributed by atoms with E-state index in [0.717, 1.165) is 0 Å². The third-order valence-corrected chi connectivity index (χ3v) is 5.95. The number of benzene rings is 1. The molecule has 1 aliphatic rings. The average Bonchev–Trinajstić information content (AvgIpc) is 2.52. The Morgan fingerprint density at radius 3 is 2.48 bits per heavy atom. The van der Waals surface area contributed by atoms with Gasteiger partial charge in [0.15, 0.2) is 11.5 Å². The van der Waals surface area contributed by atoms with Gasteiger partial charge in [-0.05, 0) is 38.3 Å². The van der Waals surface area contributed by atoms with Crippen LogP contribution in [-0.2, 0) is 10.0 Å². The molecule has 0 spiro atoms. The highest BCUT2D eigenvalue weighted by molar-refractivity contribution is 7.89. The van der Waals surface area contributed by atoms with Gasteiger partial charge < -0.3 is 15.2 Å². The number of hydrogen-bond acceptors (Lipinski definition) is 5. The van der Waals surface area contributed by atoms with E-state index < -0.39 is 10.0 Å². The number of nitrogens with zero attached hydrogens (tertiary/aromatic N) is 1. The minimum absolute atomic E-state index is 0.0563. The first kappa shape index (κ1) is 18.0. The molecular formula is C16H26N2O4S. The smallest absolute Gasteiger partial charge is 0.243 e. The fourth-order valence-electron chi connectivity index (χ4n) is 2.68. The Bertz CT molecular complexity index is 633. The Kier molecular flexibility index (Phi) is 5.89. The van der Waals surface area contributed by atoms with E-state index in [1.54, 1.807) is 18.2 Å². The number of piperidine rings is 1. The fourth-order valence-corrected chi connectivity index (χ4v) is 4.26. The van der Waals surface area contributed by atoms with Crippen LogP contribution in [0.15, 0.2) is 23.1 Å². The molecule has 2 unspecified atom stereocenters. The van der Waals surface area contributed by atoms with Crippen molar-refractivity contribution in [1.82, 2.24) is 4.31 Å². The zero-order valence-electron chi connectivity index (χ0n) is 14.0. The first-order valence-corrected chi connectivity index (χ1v) is 9.49. The van der Waals surface area contributed by atoms with Crippen LogP contribution in [0.25, 0.3) is 0 Å². The van der Waals surface area contributed by atoms with Gasteiger partial charge in [-0.25, -0.2) is 8.42 Å². The van der Waals surface area contributed by atoms with Crippen LogP contribution in [0.5, 0.6) is 11.5 Å². The molecular weight excluding hydrogens is 316 g/mol. The van der Waals surface area contributed by atoms with Crippen LogP contribution in [0, 0.1) is 5.92 Å². The van der Waals surface area contributed by atoms with E-state index >= 15 is 0 Å². The Balaban J connectivity index is 2.30. The number of rotatable bonds is 6. The predicted octanol–water partition coefficient (Wildman–Crippen LogP) is 1.84. The molecule has 23 heavy (non-hydrogen) atoms. The van der Waals surface area contributed by atoms with Crippen molar-refractivity contribution >= 4 is 10.0 Å². The molecule has 1 aliphatic heterocycles.